The van der Waals surface area contributed by atoms with Crippen molar-refractivity contribution in [2.45, 2.75) is 18.7 Å². The van der Waals surface area contributed by atoms with E-state index >= 15 is 0 Å². The fourth-order valence-electron chi connectivity index (χ4n) is 3.12. The second-order valence-electron chi connectivity index (χ2n) is 7.03. The van der Waals surface area contributed by atoms with Crippen molar-refractivity contribution < 1.29 is 18.1 Å². The minimum absolute atomic E-state index is 0.126. The van der Waals surface area contributed by atoms with E-state index in [4.69, 9.17) is 0 Å². The van der Waals surface area contributed by atoms with Crippen molar-refractivity contribution in [3.05, 3.63) is 63.3 Å². The summed E-state index contributed by atoms with van der Waals surface area (Å²) in [4.78, 5) is 26.2. The molecule has 0 aliphatic carbocycles. The van der Waals surface area contributed by atoms with Gasteiger partial charge in [0, 0.05) is 47.6 Å². The van der Waals surface area contributed by atoms with Crippen molar-refractivity contribution in [2.75, 3.05) is 24.7 Å². The number of aromatic amines is 1. The standard InChI is InChI=1S/C20H22N4O5S/c1-12-13(2)23-17-6-4-14(10-16(12)17)20(25)22-9-8-21-18-7-5-15(30(3,28)29)11-19(18)24(26)27/h4-7,10-11,21,23H,8-9H2,1-3H3,(H,22,25). The Morgan fingerprint density at radius 1 is 1.13 bits per heavy atom. The van der Waals surface area contributed by atoms with E-state index in [9.17, 15) is 23.3 Å². The third kappa shape index (κ3) is 4.43. The number of carbonyl (C=O) groups is 1. The third-order valence-electron chi connectivity index (χ3n) is 4.89. The van der Waals surface area contributed by atoms with Crippen LogP contribution in [0.4, 0.5) is 11.4 Å². The van der Waals surface area contributed by atoms with Crippen LogP contribution < -0.4 is 10.6 Å². The van der Waals surface area contributed by atoms with Crippen molar-refractivity contribution in [1.29, 1.82) is 0 Å². The number of amides is 1. The number of rotatable bonds is 7. The van der Waals surface area contributed by atoms with Crippen LogP contribution in [0.5, 0.6) is 0 Å². The molecule has 1 aromatic heterocycles. The molecule has 0 fully saturated rings. The number of nitro groups is 1. The number of aryl methyl sites for hydroxylation is 2. The summed E-state index contributed by atoms with van der Waals surface area (Å²) in [5.74, 6) is -0.251. The number of anilines is 1. The highest BCUT2D eigenvalue weighted by Gasteiger charge is 2.18. The molecule has 1 amide bonds. The maximum atomic E-state index is 12.4. The van der Waals surface area contributed by atoms with Gasteiger partial charge in [0.15, 0.2) is 9.84 Å². The summed E-state index contributed by atoms with van der Waals surface area (Å²) in [5, 5.41) is 17.9. The highest BCUT2D eigenvalue weighted by Crippen LogP contribution is 2.27. The molecule has 0 unspecified atom stereocenters. The Kier molecular flexibility index (Phi) is 5.79. The van der Waals surface area contributed by atoms with E-state index in [1.165, 1.54) is 12.1 Å². The van der Waals surface area contributed by atoms with Crippen LogP contribution >= 0.6 is 0 Å². The second kappa shape index (κ2) is 8.15. The molecular formula is C20H22N4O5S. The van der Waals surface area contributed by atoms with Crippen LogP contribution in [0, 0.1) is 24.0 Å². The van der Waals surface area contributed by atoms with Gasteiger partial charge < -0.3 is 15.6 Å². The minimum atomic E-state index is -3.55. The predicted molar refractivity (Wildman–Crippen MR) is 115 cm³/mol. The number of aromatic nitrogens is 1. The zero-order valence-corrected chi connectivity index (χ0v) is 17.6. The smallest absolute Gasteiger partial charge is 0.293 e. The lowest BCUT2D eigenvalue weighted by atomic mass is 10.1. The van der Waals surface area contributed by atoms with Crippen LogP contribution in [-0.4, -0.2) is 43.6 Å². The van der Waals surface area contributed by atoms with Crippen molar-refractivity contribution in [1.82, 2.24) is 10.3 Å². The van der Waals surface area contributed by atoms with Gasteiger partial charge in [0.05, 0.1) is 9.82 Å². The number of fused-ring (bicyclic) bond motifs is 1. The average Bonchev–Trinajstić information content (AvgIpc) is 2.97. The Bertz CT molecular complexity index is 1250. The summed E-state index contributed by atoms with van der Waals surface area (Å²) < 4.78 is 23.2. The van der Waals surface area contributed by atoms with Crippen LogP contribution in [-0.2, 0) is 9.84 Å². The molecule has 0 saturated heterocycles. The summed E-state index contributed by atoms with van der Waals surface area (Å²) in [5.41, 5.74) is 3.47. The van der Waals surface area contributed by atoms with E-state index in [1.807, 2.05) is 26.0 Å². The minimum Gasteiger partial charge on any atom is -0.378 e. The van der Waals surface area contributed by atoms with Crippen LogP contribution in [0.1, 0.15) is 21.6 Å². The first-order valence-electron chi connectivity index (χ1n) is 9.17. The van der Waals surface area contributed by atoms with Gasteiger partial charge in [-0.1, -0.05) is 0 Å². The molecule has 10 heteroatoms. The number of nitrogens with zero attached hydrogens (tertiary/aromatic N) is 1. The summed E-state index contributed by atoms with van der Waals surface area (Å²) >= 11 is 0. The molecule has 0 aliphatic heterocycles. The first kappa shape index (κ1) is 21.3. The van der Waals surface area contributed by atoms with Gasteiger partial charge in [-0.25, -0.2) is 8.42 Å². The first-order chi connectivity index (χ1) is 14.1. The molecule has 0 saturated carbocycles. The van der Waals surface area contributed by atoms with Crippen LogP contribution in [0.25, 0.3) is 10.9 Å². The largest absolute Gasteiger partial charge is 0.378 e. The van der Waals surface area contributed by atoms with Crippen LogP contribution in [0.15, 0.2) is 41.3 Å². The Balaban J connectivity index is 1.64. The van der Waals surface area contributed by atoms with Gasteiger partial charge in [0.2, 0.25) is 0 Å². The molecule has 0 radical (unpaired) electrons. The number of sulfone groups is 1. The highest BCUT2D eigenvalue weighted by atomic mass is 32.2. The monoisotopic (exact) mass is 430 g/mol. The Morgan fingerprint density at radius 3 is 2.53 bits per heavy atom. The summed E-state index contributed by atoms with van der Waals surface area (Å²) in [6.07, 6.45) is 0.988. The molecule has 2 aromatic carbocycles. The Hall–Kier alpha value is -3.40. The number of carbonyl (C=O) groups excluding carboxylic acids is 1. The molecule has 3 aromatic rings. The van der Waals surface area contributed by atoms with Crippen molar-refractivity contribution in [2.24, 2.45) is 0 Å². The zero-order chi connectivity index (χ0) is 22.1. The quantitative estimate of drug-likeness (QED) is 0.300. The molecule has 158 valence electrons. The van der Waals surface area contributed by atoms with E-state index in [0.717, 1.165) is 34.5 Å². The van der Waals surface area contributed by atoms with Gasteiger partial charge in [-0.15, -0.1) is 0 Å². The van der Waals surface area contributed by atoms with Gasteiger partial charge >= 0.3 is 0 Å². The van der Waals surface area contributed by atoms with E-state index in [1.54, 1.807) is 6.07 Å². The highest BCUT2D eigenvalue weighted by molar-refractivity contribution is 7.90. The number of nitrogens with one attached hydrogen (secondary N) is 3. The summed E-state index contributed by atoms with van der Waals surface area (Å²) in [7, 11) is -3.55. The Labute approximate surface area is 173 Å². The average molecular weight is 430 g/mol. The van der Waals surface area contributed by atoms with Gasteiger partial charge in [-0.2, -0.15) is 0 Å². The lowest BCUT2D eigenvalue weighted by Gasteiger charge is -2.10. The molecule has 1 heterocycles. The molecule has 0 aliphatic rings. The van der Waals surface area contributed by atoms with E-state index in [-0.39, 0.29) is 35.3 Å². The summed E-state index contributed by atoms with van der Waals surface area (Å²) in [6.45, 7) is 4.42. The fourth-order valence-corrected chi connectivity index (χ4v) is 3.76. The maximum absolute atomic E-state index is 12.4. The van der Waals surface area contributed by atoms with Crippen molar-refractivity contribution in [3.63, 3.8) is 0 Å². The zero-order valence-electron chi connectivity index (χ0n) is 16.8. The van der Waals surface area contributed by atoms with Gasteiger partial charge in [-0.05, 0) is 49.7 Å². The number of hydrogen-bond acceptors (Lipinski definition) is 6. The van der Waals surface area contributed by atoms with Gasteiger partial charge in [-0.3, -0.25) is 14.9 Å². The lowest BCUT2D eigenvalue weighted by molar-refractivity contribution is -0.384. The van der Waals surface area contributed by atoms with Crippen LogP contribution in [0.3, 0.4) is 0 Å². The molecule has 3 rings (SSSR count). The molecule has 0 atom stereocenters. The molecule has 3 N–H and O–H groups in total. The molecule has 0 bridgehead atoms. The molecule has 9 nitrogen and oxygen atoms in total. The molecule has 30 heavy (non-hydrogen) atoms. The van der Waals surface area contributed by atoms with Crippen LogP contribution in [0.2, 0.25) is 0 Å². The van der Waals surface area contributed by atoms with Gasteiger partial charge in [0.1, 0.15) is 5.69 Å². The SMILES string of the molecule is Cc1[nH]c2ccc(C(=O)NCCNc3ccc(S(C)(=O)=O)cc3[N+](=O)[O-])cc2c1C. The van der Waals surface area contributed by atoms with Gasteiger partial charge in [0.25, 0.3) is 11.6 Å². The molecule has 0 spiro atoms. The predicted octanol–water partition coefficient (Wildman–Crippen LogP) is 2.94. The maximum Gasteiger partial charge on any atom is 0.293 e. The number of H-pyrrole nitrogens is 1. The van der Waals surface area contributed by atoms with E-state index in [2.05, 4.69) is 15.6 Å². The van der Waals surface area contributed by atoms with Crippen molar-refractivity contribution in [3.8, 4) is 0 Å². The second-order valence-corrected chi connectivity index (χ2v) is 9.04. The number of benzene rings is 2. The lowest BCUT2D eigenvalue weighted by Crippen LogP contribution is -2.28. The Morgan fingerprint density at radius 2 is 1.87 bits per heavy atom. The normalized spacial score (nSPS) is 11.4. The topological polar surface area (TPSA) is 134 Å². The number of nitro benzene ring substituents is 1. The fraction of sp³-hybridized carbons (Fsp3) is 0.250. The van der Waals surface area contributed by atoms with Crippen molar-refractivity contribution >= 4 is 38.0 Å². The number of hydrogen-bond donors (Lipinski definition) is 3. The van der Waals surface area contributed by atoms with E-state index < -0.39 is 14.8 Å². The first-order valence-corrected chi connectivity index (χ1v) is 11.1. The van der Waals surface area contributed by atoms with E-state index in [0.29, 0.717) is 5.56 Å². The summed E-state index contributed by atoms with van der Waals surface area (Å²) in [6, 6.07) is 9.09. The molecular weight excluding hydrogens is 408 g/mol. The third-order valence-corrected chi connectivity index (χ3v) is 6.00.